The van der Waals surface area contributed by atoms with E-state index < -0.39 is 0 Å². The minimum Gasteiger partial charge on any atom is -0.352 e. The molecular formula is C18H22N2O2. The zero-order chi connectivity index (χ0) is 15.8. The van der Waals surface area contributed by atoms with E-state index in [1.165, 1.54) is 6.08 Å². The van der Waals surface area contributed by atoms with Crippen molar-refractivity contribution in [2.75, 3.05) is 13.1 Å². The molecule has 0 saturated carbocycles. The molecule has 22 heavy (non-hydrogen) atoms. The van der Waals surface area contributed by atoms with Crippen molar-refractivity contribution in [3.05, 3.63) is 54.6 Å². The van der Waals surface area contributed by atoms with Crippen molar-refractivity contribution in [2.45, 2.75) is 25.3 Å². The van der Waals surface area contributed by atoms with Gasteiger partial charge in [-0.1, -0.05) is 49.1 Å². The molecule has 1 heterocycles. The molecule has 2 rings (SSSR count). The number of amides is 2. The highest BCUT2D eigenvalue weighted by atomic mass is 16.2. The van der Waals surface area contributed by atoms with Crippen molar-refractivity contribution in [1.29, 1.82) is 0 Å². The number of carbonyl (C=O) groups is 2. The van der Waals surface area contributed by atoms with Crippen molar-refractivity contribution in [2.24, 2.45) is 0 Å². The smallest absolute Gasteiger partial charge is 0.243 e. The molecule has 0 spiro atoms. The maximum atomic E-state index is 12.3. The van der Waals surface area contributed by atoms with Crippen LogP contribution >= 0.6 is 0 Å². The molecule has 4 heteroatoms. The Morgan fingerprint density at radius 1 is 1.32 bits per heavy atom. The third-order valence-corrected chi connectivity index (χ3v) is 3.75. The van der Waals surface area contributed by atoms with Crippen LogP contribution in [0.3, 0.4) is 0 Å². The lowest BCUT2D eigenvalue weighted by Gasteiger charge is -2.22. The summed E-state index contributed by atoms with van der Waals surface area (Å²) in [4.78, 5) is 25.2. The first kappa shape index (κ1) is 16.0. The van der Waals surface area contributed by atoms with Gasteiger partial charge in [-0.3, -0.25) is 9.59 Å². The Balaban J connectivity index is 1.87. The Labute approximate surface area is 131 Å². The van der Waals surface area contributed by atoms with Gasteiger partial charge >= 0.3 is 0 Å². The number of benzene rings is 1. The molecule has 1 atom stereocenters. The van der Waals surface area contributed by atoms with E-state index in [0.717, 1.165) is 24.9 Å². The standard InChI is InChI=1S/C18H22N2O2/c1-2-17(21)19-13-12-18(22)20-14-6-9-16(20)11-10-15-7-4-3-5-8-15/h2-5,7-8,10-11,16H,1,6,9,12-14H2,(H,19,21)/b11-10+. The zero-order valence-electron chi connectivity index (χ0n) is 12.7. The number of likely N-dealkylation sites (tertiary alicyclic amines) is 1. The molecule has 1 fully saturated rings. The molecule has 116 valence electrons. The van der Waals surface area contributed by atoms with Gasteiger partial charge in [-0.25, -0.2) is 0 Å². The third-order valence-electron chi connectivity index (χ3n) is 3.75. The fourth-order valence-electron chi connectivity index (χ4n) is 2.60. The molecule has 1 aliphatic rings. The first-order chi connectivity index (χ1) is 10.7. The van der Waals surface area contributed by atoms with Gasteiger partial charge in [-0.15, -0.1) is 0 Å². The van der Waals surface area contributed by atoms with Crippen molar-refractivity contribution in [1.82, 2.24) is 10.2 Å². The fraction of sp³-hybridized carbons (Fsp3) is 0.333. The molecule has 1 aromatic carbocycles. The molecule has 1 aliphatic heterocycles. The van der Waals surface area contributed by atoms with Crippen LogP contribution in [0.25, 0.3) is 6.08 Å². The highest BCUT2D eigenvalue weighted by Crippen LogP contribution is 2.20. The Morgan fingerprint density at radius 2 is 2.09 bits per heavy atom. The summed E-state index contributed by atoms with van der Waals surface area (Å²) >= 11 is 0. The Kier molecular flexibility index (Phi) is 5.95. The summed E-state index contributed by atoms with van der Waals surface area (Å²) in [6.07, 6.45) is 7.72. The average Bonchev–Trinajstić information content (AvgIpc) is 3.02. The summed E-state index contributed by atoms with van der Waals surface area (Å²) in [7, 11) is 0. The lowest BCUT2D eigenvalue weighted by molar-refractivity contribution is -0.131. The van der Waals surface area contributed by atoms with Crippen molar-refractivity contribution in [3.63, 3.8) is 0 Å². The predicted octanol–water partition coefficient (Wildman–Crippen LogP) is 2.38. The van der Waals surface area contributed by atoms with Crippen LogP contribution in [0.4, 0.5) is 0 Å². The van der Waals surface area contributed by atoms with E-state index in [0.29, 0.717) is 13.0 Å². The quantitative estimate of drug-likeness (QED) is 0.820. The highest BCUT2D eigenvalue weighted by molar-refractivity contribution is 5.87. The molecule has 0 aliphatic carbocycles. The maximum absolute atomic E-state index is 12.3. The summed E-state index contributed by atoms with van der Waals surface area (Å²) in [5.74, 6) is -0.153. The fourth-order valence-corrected chi connectivity index (χ4v) is 2.60. The monoisotopic (exact) mass is 298 g/mol. The normalized spacial score (nSPS) is 17.6. The predicted molar refractivity (Wildman–Crippen MR) is 88.0 cm³/mol. The topological polar surface area (TPSA) is 49.4 Å². The van der Waals surface area contributed by atoms with Crippen LogP contribution in [-0.4, -0.2) is 35.8 Å². The second-order valence-corrected chi connectivity index (χ2v) is 5.31. The van der Waals surface area contributed by atoms with E-state index in [2.05, 4.69) is 24.0 Å². The highest BCUT2D eigenvalue weighted by Gasteiger charge is 2.26. The molecular weight excluding hydrogens is 276 g/mol. The van der Waals surface area contributed by atoms with Crippen LogP contribution in [0.5, 0.6) is 0 Å². The molecule has 2 amide bonds. The van der Waals surface area contributed by atoms with Gasteiger partial charge in [0.05, 0.1) is 6.04 Å². The molecule has 0 aromatic heterocycles. The van der Waals surface area contributed by atoms with Gasteiger partial charge in [0.25, 0.3) is 0 Å². The molecule has 1 saturated heterocycles. The summed E-state index contributed by atoms with van der Waals surface area (Å²) in [6.45, 7) is 4.53. The van der Waals surface area contributed by atoms with E-state index in [-0.39, 0.29) is 17.9 Å². The van der Waals surface area contributed by atoms with Gasteiger partial charge < -0.3 is 10.2 Å². The van der Waals surface area contributed by atoms with E-state index in [1.807, 2.05) is 35.2 Å². The van der Waals surface area contributed by atoms with Crippen molar-refractivity contribution in [3.8, 4) is 0 Å². The molecule has 1 N–H and O–H groups in total. The average molecular weight is 298 g/mol. The van der Waals surface area contributed by atoms with Crippen LogP contribution in [-0.2, 0) is 9.59 Å². The molecule has 0 radical (unpaired) electrons. The number of nitrogens with zero attached hydrogens (tertiary/aromatic N) is 1. The second kappa shape index (κ2) is 8.17. The number of carbonyl (C=O) groups excluding carboxylic acids is 2. The van der Waals surface area contributed by atoms with Gasteiger partial charge in [0.1, 0.15) is 0 Å². The zero-order valence-corrected chi connectivity index (χ0v) is 12.7. The largest absolute Gasteiger partial charge is 0.352 e. The van der Waals surface area contributed by atoms with Crippen LogP contribution < -0.4 is 5.32 Å². The third kappa shape index (κ3) is 4.58. The van der Waals surface area contributed by atoms with E-state index in [9.17, 15) is 9.59 Å². The Morgan fingerprint density at radius 3 is 2.82 bits per heavy atom. The first-order valence-electron chi connectivity index (χ1n) is 7.63. The van der Waals surface area contributed by atoms with E-state index >= 15 is 0 Å². The number of nitrogens with one attached hydrogen (secondary N) is 1. The molecule has 0 bridgehead atoms. The minimum absolute atomic E-state index is 0.0876. The minimum atomic E-state index is -0.241. The van der Waals surface area contributed by atoms with Crippen LogP contribution in [0.1, 0.15) is 24.8 Å². The summed E-state index contributed by atoms with van der Waals surface area (Å²) < 4.78 is 0. The van der Waals surface area contributed by atoms with E-state index in [1.54, 1.807) is 0 Å². The first-order valence-corrected chi connectivity index (χ1v) is 7.63. The van der Waals surface area contributed by atoms with Gasteiger partial charge in [0, 0.05) is 19.5 Å². The maximum Gasteiger partial charge on any atom is 0.243 e. The number of hydrogen-bond donors (Lipinski definition) is 1. The van der Waals surface area contributed by atoms with Gasteiger partial charge in [-0.05, 0) is 24.5 Å². The SMILES string of the molecule is C=CC(=O)NCCC(=O)N1CCCC1/C=C/c1ccccc1. The van der Waals surface area contributed by atoms with Gasteiger partial charge in [-0.2, -0.15) is 0 Å². The lowest BCUT2D eigenvalue weighted by atomic mass is 10.1. The van der Waals surface area contributed by atoms with Gasteiger partial charge in [0.15, 0.2) is 0 Å². The number of rotatable bonds is 6. The lowest BCUT2D eigenvalue weighted by Crippen LogP contribution is -2.36. The Hall–Kier alpha value is -2.36. The summed E-state index contributed by atoms with van der Waals surface area (Å²) in [6, 6.07) is 10.2. The summed E-state index contributed by atoms with van der Waals surface area (Å²) in [5, 5.41) is 2.64. The summed E-state index contributed by atoms with van der Waals surface area (Å²) in [5.41, 5.74) is 1.14. The van der Waals surface area contributed by atoms with Crippen molar-refractivity contribution < 1.29 is 9.59 Å². The van der Waals surface area contributed by atoms with Crippen LogP contribution in [0, 0.1) is 0 Å². The van der Waals surface area contributed by atoms with Gasteiger partial charge in [0.2, 0.25) is 11.8 Å². The number of hydrogen-bond acceptors (Lipinski definition) is 2. The molecule has 1 aromatic rings. The Bertz CT molecular complexity index is 551. The molecule has 4 nitrogen and oxygen atoms in total. The molecule has 1 unspecified atom stereocenters. The van der Waals surface area contributed by atoms with E-state index in [4.69, 9.17) is 0 Å². The van der Waals surface area contributed by atoms with Crippen LogP contribution in [0.15, 0.2) is 49.1 Å². The van der Waals surface area contributed by atoms with Crippen molar-refractivity contribution >= 4 is 17.9 Å². The van der Waals surface area contributed by atoms with Crippen LogP contribution in [0.2, 0.25) is 0 Å². The second-order valence-electron chi connectivity index (χ2n) is 5.31.